The normalized spacial score (nSPS) is 16.4. The van der Waals surface area contributed by atoms with Crippen LogP contribution in [0.3, 0.4) is 0 Å². The van der Waals surface area contributed by atoms with Crippen molar-refractivity contribution in [2.24, 2.45) is 0 Å². The van der Waals surface area contributed by atoms with Gasteiger partial charge in [-0.25, -0.2) is 0 Å². The summed E-state index contributed by atoms with van der Waals surface area (Å²) in [4.78, 5) is 2.46. The highest BCUT2D eigenvalue weighted by Gasteiger charge is 2.18. The molecule has 0 bridgehead atoms. The van der Waals surface area contributed by atoms with E-state index in [2.05, 4.69) is 24.1 Å². The van der Waals surface area contributed by atoms with E-state index in [1.54, 1.807) is 0 Å². The Morgan fingerprint density at radius 3 is 2.18 bits per heavy atom. The third-order valence-corrected chi connectivity index (χ3v) is 3.53. The van der Waals surface area contributed by atoms with Gasteiger partial charge in [-0.05, 0) is 26.3 Å². The first kappa shape index (κ1) is 21.8. The molecule has 0 aromatic heterocycles. The van der Waals surface area contributed by atoms with E-state index in [4.69, 9.17) is 14.2 Å². The summed E-state index contributed by atoms with van der Waals surface area (Å²) in [5.41, 5.74) is 0. The molecular formula is C17H38N2O3. The van der Waals surface area contributed by atoms with Gasteiger partial charge in [0.05, 0.1) is 32.5 Å². The van der Waals surface area contributed by atoms with Crippen LogP contribution in [-0.2, 0) is 14.2 Å². The average molecular weight is 319 g/mol. The second kappa shape index (κ2) is 17.2. The summed E-state index contributed by atoms with van der Waals surface area (Å²) in [5, 5.41) is 3.22. The second-order valence-electron chi connectivity index (χ2n) is 5.07. The maximum atomic E-state index is 5.65. The molecule has 1 rings (SSSR count). The molecule has 134 valence electrons. The summed E-state index contributed by atoms with van der Waals surface area (Å²) in [6, 6.07) is 0. The summed E-state index contributed by atoms with van der Waals surface area (Å²) in [6.45, 7) is 17.2. The first-order valence-electron chi connectivity index (χ1n) is 9.07. The molecule has 0 aliphatic carbocycles. The van der Waals surface area contributed by atoms with Crippen molar-refractivity contribution >= 4 is 0 Å². The van der Waals surface area contributed by atoms with Crippen molar-refractivity contribution in [3.8, 4) is 0 Å². The lowest BCUT2D eigenvalue weighted by atomic mass is 10.1. The molecular weight excluding hydrogens is 280 g/mol. The van der Waals surface area contributed by atoms with Crippen LogP contribution in [0.15, 0.2) is 0 Å². The summed E-state index contributed by atoms with van der Waals surface area (Å²) in [6.07, 6.45) is 2.78. The van der Waals surface area contributed by atoms with E-state index in [1.807, 2.05) is 13.8 Å². The largest absolute Gasteiger partial charge is 0.378 e. The monoisotopic (exact) mass is 318 g/mol. The van der Waals surface area contributed by atoms with Gasteiger partial charge in [0, 0.05) is 32.8 Å². The third-order valence-electron chi connectivity index (χ3n) is 3.53. The molecule has 0 aromatic carbocycles. The van der Waals surface area contributed by atoms with Gasteiger partial charge in [-0.2, -0.15) is 0 Å². The minimum Gasteiger partial charge on any atom is -0.378 e. The first-order chi connectivity index (χ1) is 10.9. The van der Waals surface area contributed by atoms with Gasteiger partial charge in [0.2, 0.25) is 0 Å². The lowest BCUT2D eigenvalue weighted by Crippen LogP contribution is -2.38. The highest BCUT2D eigenvalue weighted by Crippen LogP contribution is 2.12. The van der Waals surface area contributed by atoms with Gasteiger partial charge in [0.25, 0.3) is 0 Å². The molecule has 1 aliphatic rings. The van der Waals surface area contributed by atoms with Crippen LogP contribution in [0, 0.1) is 0 Å². The molecule has 0 radical (unpaired) electrons. The van der Waals surface area contributed by atoms with Gasteiger partial charge in [0.1, 0.15) is 0 Å². The van der Waals surface area contributed by atoms with Crippen LogP contribution in [0.5, 0.6) is 0 Å². The van der Waals surface area contributed by atoms with Crippen LogP contribution >= 0.6 is 0 Å². The van der Waals surface area contributed by atoms with E-state index in [1.165, 1.54) is 0 Å². The minimum absolute atomic E-state index is 0.474. The standard InChI is InChI=1S/C15H32N2O3.C2H6/c1-3-16-7-11-18-13-14-19-12-10-17-8-5-15(6-9-17)20-4-2;1-2/h15-16H,3-14H2,1-2H3;1-2H3. The van der Waals surface area contributed by atoms with E-state index in [0.717, 1.165) is 65.4 Å². The van der Waals surface area contributed by atoms with Crippen molar-refractivity contribution in [3.05, 3.63) is 0 Å². The Bertz CT molecular complexity index is 210. The van der Waals surface area contributed by atoms with Gasteiger partial charge >= 0.3 is 0 Å². The predicted octanol–water partition coefficient (Wildman–Crippen LogP) is 2.16. The molecule has 1 fully saturated rings. The Morgan fingerprint density at radius 1 is 0.955 bits per heavy atom. The quantitative estimate of drug-likeness (QED) is 0.559. The van der Waals surface area contributed by atoms with Crippen molar-refractivity contribution in [2.75, 3.05) is 65.8 Å². The molecule has 0 atom stereocenters. The van der Waals surface area contributed by atoms with Crippen molar-refractivity contribution in [2.45, 2.75) is 46.6 Å². The van der Waals surface area contributed by atoms with Gasteiger partial charge in [0.15, 0.2) is 0 Å². The number of likely N-dealkylation sites (tertiary alicyclic amines) is 1. The Balaban J connectivity index is 0.00000211. The van der Waals surface area contributed by atoms with Crippen LogP contribution in [0.4, 0.5) is 0 Å². The number of nitrogens with one attached hydrogen (secondary N) is 1. The molecule has 1 saturated heterocycles. The molecule has 1 heterocycles. The number of likely N-dealkylation sites (N-methyl/N-ethyl adjacent to an activating group) is 1. The van der Waals surface area contributed by atoms with E-state index in [0.29, 0.717) is 19.3 Å². The van der Waals surface area contributed by atoms with Gasteiger partial charge in [-0.3, -0.25) is 0 Å². The lowest BCUT2D eigenvalue weighted by Gasteiger charge is -2.31. The van der Waals surface area contributed by atoms with Gasteiger partial charge < -0.3 is 24.4 Å². The maximum absolute atomic E-state index is 5.65. The Morgan fingerprint density at radius 2 is 1.59 bits per heavy atom. The summed E-state index contributed by atoms with van der Waals surface area (Å²) >= 11 is 0. The predicted molar refractivity (Wildman–Crippen MR) is 92.6 cm³/mol. The average Bonchev–Trinajstić information content (AvgIpc) is 2.57. The molecule has 0 unspecified atom stereocenters. The first-order valence-corrected chi connectivity index (χ1v) is 9.07. The highest BCUT2D eigenvalue weighted by molar-refractivity contribution is 4.72. The zero-order chi connectivity index (χ0) is 16.5. The fourth-order valence-electron chi connectivity index (χ4n) is 2.37. The number of rotatable bonds is 12. The van der Waals surface area contributed by atoms with Gasteiger partial charge in [-0.1, -0.05) is 20.8 Å². The molecule has 1 aliphatic heterocycles. The lowest BCUT2D eigenvalue weighted by molar-refractivity contribution is 0.00143. The number of ether oxygens (including phenoxy) is 3. The zero-order valence-corrected chi connectivity index (χ0v) is 15.2. The van der Waals surface area contributed by atoms with Crippen LogP contribution in [0.1, 0.15) is 40.5 Å². The van der Waals surface area contributed by atoms with E-state index in [-0.39, 0.29) is 0 Å². The van der Waals surface area contributed by atoms with Crippen molar-refractivity contribution < 1.29 is 14.2 Å². The fourth-order valence-corrected chi connectivity index (χ4v) is 2.37. The highest BCUT2D eigenvalue weighted by atomic mass is 16.5. The molecule has 22 heavy (non-hydrogen) atoms. The molecule has 5 heteroatoms. The zero-order valence-electron chi connectivity index (χ0n) is 15.2. The second-order valence-corrected chi connectivity index (χ2v) is 5.07. The molecule has 0 spiro atoms. The van der Waals surface area contributed by atoms with E-state index in [9.17, 15) is 0 Å². The Hall–Kier alpha value is -0.200. The number of hydrogen-bond donors (Lipinski definition) is 1. The summed E-state index contributed by atoms with van der Waals surface area (Å²) < 4.78 is 16.7. The van der Waals surface area contributed by atoms with Crippen LogP contribution < -0.4 is 5.32 Å². The maximum Gasteiger partial charge on any atom is 0.0701 e. The molecule has 1 N–H and O–H groups in total. The molecule has 0 amide bonds. The number of hydrogen-bond acceptors (Lipinski definition) is 5. The summed E-state index contributed by atoms with van der Waals surface area (Å²) in [5.74, 6) is 0. The van der Waals surface area contributed by atoms with Crippen LogP contribution in [0.2, 0.25) is 0 Å². The van der Waals surface area contributed by atoms with Crippen molar-refractivity contribution in [3.63, 3.8) is 0 Å². The minimum atomic E-state index is 0.474. The van der Waals surface area contributed by atoms with E-state index >= 15 is 0 Å². The number of nitrogens with zero attached hydrogens (tertiary/aromatic N) is 1. The van der Waals surface area contributed by atoms with Crippen LogP contribution in [0.25, 0.3) is 0 Å². The van der Waals surface area contributed by atoms with Crippen LogP contribution in [-0.4, -0.2) is 76.8 Å². The SMILES string of the molecule is CC.CCNCCOCCOCCN1CCC(OCC)CC1. The third kappa shape index (κ3) is 12.4. The van der Waals surface area contributed by atoms with Crippen molar-refractivity contribution in [1.82, 2.24) is 10.2 Å². The van der Waals surface area contributed by atoms with Crippen molar-refractivity contribution in [1.29, 1.82) is 0 Å². The molecule has 0 saturated carbocycles. The van der Waals surface area contributed by atoms with Gasteiger partial charge in [-0.15, -0.1) is 0 Å². The Kier molecular flexibility index (Phi) is 17.0. The smallest absolute Gasteiger partial charge is 0.0701 e. The summed E-state index contributed by atoms with van der Waals surface area (Å²) in [7, 11) is 0. The van der Waals surface area contributed by atoms with E-state index < -0.39 is 0 Å². The topological polar surface area (TPSA) is 43.0 Å². The number of piperidine rings is 1. The Labute approximate surface area is 137 Å². The molecule has 5 nitrogen and oxygen atoms in total. The molecule has 0 aromatic rings. The fraction of sp³-hybridized carbons (Fsp3) is 1.00.